The topological polar surface area (TPSA) is 64.3 Å². The molecule has 1 unspecified atom stereocenters. The Labute approximate surface area is 121 Å². The van der Waals surface area contributed by atoms with Gasteiger partial charge in [-0.25, -0.2) is 0 Å². The molecule has 0 aliphatic carbocycles. The maximum Gasteiger partial charge on any atom is 0.419 e. The summed E-state index contributed by atoms with van der Waals surface area (Å²) >= 11 is 0. The number of nitrogens with two attached hydrogens (primary N) is 1. The van der Waals surface area contributed by atoms with Crippen LogP contribution in [0.4, 0.5) is 13.2 Å². The van der Waals surface area contributed by atoms with Crippen molar-refractivity contribution in [1.29, 1.82) is 0 Å². The minimum absolute atomic E-state index is 0.190. The Bertz CT molecular complexity index is 490. The molecule has 3 N–H and O–H groups in total. The maximum absolute atomic E-state index is 13.0. The Morgan fingerprint density at radius 3 is 2.62 bits per heavy atom. The fraction of sp³-hybridized carbons (Fsp3) is 0.500. The minimum Gasteiger partial charge on any atom is -0.492 e. The summed E-state index contributed by atoms with van der Waals surface area (Å²) in [5.74, 6) is -1.57. The number of carbonyl (C=O) groups is 1. The summed E-state index contributed by atoms with van der Waals surface area (Å²) in [6, 6.07) is 3.87. The van der Waals surface area contributed by atoms with Crippen molar-refractivity contribution in [3.8, 4) is 5.75 Å². The monoisotopic (exact) mass is 304 g/mol. The van der Waals surface area contributed by atoms with Crippen LogP contribution in [0.25, 0.3) is 0 Å². The molecular formula is C14H19F3N2O2. The average Bonchev–Trinajstić information content (AvgIpc) is 2.41. The summed E-state index contributed by atoms with van der Waals surface area (Å²) in [5.41, 5.74) is 4.71. The molecular weight excluding hydrogens is 285 g/mol. The Balaban J connectivity index is 2.94. The molecule has 7 heteroatoms. The van der Waals surface area contributed by atoms with Gasteiger partial charge in [0.2, 0.25) is 5.91 Å². The van der Waals surface area contributed by atoms with Crippen LogP contribution in [0.1, 0.15) is 25.0 Å². The lowest BCUT2D eigenvalue weighted by molar-refractivity contribution is -0.139. The van der Waals surface area contributed by atoms with E-state index in [2.05, 4.69) is 5.32 Å². The van der Waals surface area contributed by atoms with E-state index in [0.717, 1.165) is 6.07 Å². The minimum atomic E-state index is -4.52. The fourth-order valence-corrected chi connectivity index (χ4v) is 1.60. The summed E-state index contributed by atoms with van der Waals surface area (Å²) in [7, 11) is 0. The van der Waals surface area contributed by atoms with Gasteiger partial charge in [-0.3, -0.25) is 4.79 Å². The zero-order valence-electron chi connectivity index (χ0n) is 12.0. The second kappa shape index (κ2) is 7.31. The lowest BCUT2D eigenvalue weighted by atomic mass is 10.1. The number of halogens is 3. The number of carbonyl (C=O) groups excluding carboxylic acids is 1. The van der Waals surface area contributed by atoms with Crippen molar-refractivity contribution in [3.05, 3.63) is 29.3 Å². The molecule has 1 aromatic carbocycles. The first-order valence-corrected chi connectivity index (χ1v) is 6.58. The largest absolute Gasteiger partial charge is 0.492 e. The third-order valence-corrected chi connectivity index (χ3v) is 2.90. The summed E-state index contributed by atoms with van der Waals surface area (Å²) in [6.45, 7) is 4.18. The van der Waals surface area contributed by atoms with Gasteiger partial charge in [-0.05, 0) is 24.2 Å². The SMILES string of the molecule is CCNCc1ccc(OCC(C)C(N)=O)c(C(F)(F)F)c1. The van der Waals surface area contributed by atoms with E-state index in [1.165, 1.54) is 13.0 Å². The molecule has 0 aliphatic heterocycles. The molecule has 118 valence electrons. The van der Waals surface area contributed by atoms with Crippen LogP contribution in [0.2, 0.25) is 0 Å². The van der Waals surface area contributed by atoms with E-state index in [4.69, 9.17) is 10.5 Å². The number of benzene rings is 1. The quantitative estimate of drug-likeness (QED) is 0.812. The zero-order valence-corrected chi connectivity index (χ0v) is 12.0. The summed E-state index contributed by atoms with van der Waals surface area (Å²) in [6.07, 6.45) is -4.52. The first-order chi connectivity index (χ1) is 9.75. The van der Waals surface area contributed by atoms with Gasteiger partial charge in [-0.1, -0.05) is 19.9 Å². The van der Waals surface area contributed by atoms with Crippen molar-refractivity contribution in [1.82, 2.24) is 5.32 Å². The molecule has 1 atom stereocenters. The van der Waals surface area contributed by atoms with Crippen molar-refractivity contribution in [2.24, 2.45) is 11.7 Å². The first-order valence-electron chi connectivity index (χ1n) is 6.58. The predicted octanol–water partition coefficient (Wildman–Crippen LogP) is 2.32. The summed E-state index contributed by atoms with van der Waals surface area (Å²) < 4.78 is 44.2. The highest BCUT2D eigenvalue weighted by atomic mass is 19.4. The third kappa shape index (κ3) is 5.26. The van der Waals surface area contributed by atoms with E-state index < -0.39 is 23.6 Å². The van der Waals surface area contributed by atoms with Crippen LogP contribution in [0, 0.1) is 5.92 Å². The molecule has 0 fully saturated rings. The first kappa shape index (κ1) is 17.3. The van der Waals surface area contributed by atoms with Crippen molar-refractivity contribution >= 4 is 5.91 Å². The number of amides is 1. The van der Waals surface area contributed by atoms with Crippen LogP contribution >= 0.6 is 0 Å². The highest BCUT2D eigenvalue weighted by Crippen LogP contribution is 2.37. The lowest BCUT2D eigenvalue weighted by Gasteiger charge is -2.17. The number of rotatable bonds is 7. The lowest BCUT2D eigenvalue weighted by Crippen LogP contribution is -2.26. The van der Waals surface area contributed by atoms with Crippen molar-refractivity contribution in [2.45, 2.75) is 26.6 Å². The molecule has 0 aliphatic rings. The average molecular weight is 304 g/mol. The van der Waals surface area contributed by atoms with Gasteiger partial charge in [0.15, 0.2) is 0 Å². The Morgan fingerprint density at radius 2 is 2.10 bits per heavy atom. The number of primary amides is 1. The summed E-state index contributed by atoms with van der Waals surface area (Å²) in [5, 5.41) is 2.96. The molecule has 0 saturated carbocycles. The Kier molecular flexibility index (Phi) is 6.02. The standard InChI is InChI=1S/C14H19F3N2O2/c1-3-19-7-10-4-5-12(11(6-10)14(15,16)17)21-8-9(2)13(18)20/h4-6,9,19H,3,7-8H2,1-2H3,(H2,18,20). The number of alkyl halides is 3. The molecule has 0 bridgehead atoms. The van der Waals surface area contributed by atoms with E-state index >= 15 is 0 Å². The molecule has 21 heavy (non-hydrogen) atoms. The van der Waals surface area contributed by atoms with Crippen LogP contribution in [-0.4, -0.2) is 19.1 Å². The molecule has 0 aromatic heterocycles. The van der Waals surface area contributed by atoms with Crippen LogP contribution < -0.4 is 15.8 Å². The smallest absolute Gasteiger partial charge is 0.419 e. The number of nitrogens with one attached hydrogen (secondary N) is 1. The second-order valence-electron chi connectivity index (χ2n) is 4.72. The van der Waals surface area contributed by atoms with Crippen LogP contribution in [0.5, 0.6) is 5.75 Å². The molecule has 0 radical (unpaired) electrons. The third-order valence-electron chi connectivity index (χ3n) is 2.90. The zero-order chi connectivity index (χ0) is 16.0. The van der Waals surface area contributed by atoms with Crippen LogP contribution in [0.15, 0.2) is 18.2 Å². The van der Waals surface area contributed by atoms with E-state index in [0.29, 0.717) is 18.7 Å². The summed E-state index contributed by atoms with van der Waals surface area (Å²) in [4.78, 5) is 10.9. The number of hydrogen-bond acceptors (Lipinski definition) is 3. The molecule has 0 saturated heterocycles. The van der Waals surface area contributed by atoms with Gasteiger partial charge in [-0.2, -0.15) is 13.2 Å². The van der Waals surface area contributed by atoms with E-state index in [1.54, 1.807) is 6.07 Å². The van der Waals surface area contributed by atoms with Gasteiger partial charge in [-0.15, -0.1) is 0 Å². The van der Waals surface area contributed by atoms with Gasteiger partial charge in [0.1, 0.15) is 5.75 Å². The van der Waals surface area contributed by atoms with Gasteiger partial charge in [0.25, 0.3) is 0 Å². The predicted molar refractivity (Wildman–Crippen MR) is 72.7 cm³/mol. The van der Waals surface area contributed by atoms with Crippen molar-refractivity contribution < 1.29 is 22.7 Å². The fourth-order valence-electron chi connectivity index (χ4n) is 1.60. The van der Waals surface area contributed by atoms with Gasteiger partial charge in [0, 0.05) is 6.54 Å². The molecule has 1 amide bonds. The molecule has 1 rings (SSSR count). The number of ether oxygens (including phenoxy) is 1. The van der Waals surface area contributed by atoms with Gasteiger partial charge in [0.05, 0.1) is 18.1 Å². The normalized spacial score (nSPS) is 13.0. The van der Waals surface area contributed by atoms with E-state index in [1.807, 2.05) is 6.92 Å². The number of hydrogen-bond donors (Lipinski definition) is 2. The maximum atomic E-state index is 13.0. The van der Waals surface area contributed by atoms with Gasteiger partial charge >= 0.3 is 6.18 Å². The molecule has 0 heterocycles. The van der Waals surface area contributed by atoms with Crippen molar-refractivity contribution in [2.75, 3.05) is 13.2 Å². The van der Waals surface area contributed by atoms with Crippen LogP contribution in [0.3, 0.4) is 0 Å². The molecule has 4 nitrogen and oxygen atoms in total. The van der Waals surface area contributed by atoms with E-state index in [-0.39, 0.29) is 12.4 Å². The second-order valence-corrected chi connectivity index (χ2v) is 4.72. The van der Waals surface area contributed by atoms with Gasteiger partial charge < -0.3 is 15.8 Å². The highest BCUT2D eigenvalue weighted by molar-refractivity contribution is 5.76. The van der Waals surface area contributed by atoms with Crippen molar-refractivity contribution in [3.63, 3.8) is 0 Å². The van der Waals surface area contributed by atoms with Crippen LogP contribution in [-0.2, 0) is 17.5 Å². The molecule has 0 spiro atoms. The highest BCUT2D eigenvalue weighted by Gasteiger charge is 2.34. The van der Waals surface area contributed by atoms with E-state index in [9.17, 15) is 18.0 Å². The Hall–Kier alpha value is -1.76. The molecule has 1 aromatic rings. The Morgan fingerprint density at radius 1 is 1.43 bits per heavy atom.